The number of hydrogen-bond acceptors (Lipinski definition) is 3. The third-order valence-corrected chi connectivity index (χ3v) is 5.78. The van der Waals surface area contributed by atoms with Gasteiger partial charge in [-0.15, -0.1) is 0 Å². The highest BCUT2D eigenvalue weighted by Crippen LogP contribution is 2.35. The molecule has 0 aromatic carbocycles. The third-order valence-electron chi connectivity index (χ3n) is 4.59. The van der Waals surface area contributed by atoms with Crippen molar-refractivity contribution < 1.29 is 5.11 Å². The highest BCUT2D eigenvalue weighted by atomic mass is 32.2. The molecule has 1 saturated heterocycles. The minimum atomic E-state index is -0.0736. The Bertz CT molecular complexity index is 236. The zero-order chi connectivity index (χ0) is 12.4. The highest BCUT2D eigenvalue weighted by molar-refractivity contribution is 7.99. The first kappa shape index (κ1) is 13.7. The van der Waals surface area contributed by atoms with Gasteiger partial charge < -0.3 is 5.11 Å². The van der Waals surface area contributed by atoms with Crippen molar-refractivity contribution in [3.63, 3.8) is 0 Å². The van der Waals surface area contributed by atoms with Crippen molar-refractivity contribution in [1.82, 2.24) is 4.90 Å². The van der Waals surface area contributed by atoms with E-state index in [1.165, 1.54) is 24.5 Å². The smallest absolute Gasteiger partial charge is 0.0585 e. The molecular formula is C14H27NOS. The Morgan fingerprint density at radius 3 is 2.65 bits per heavy atom. The quantitative estimate of drug-likeness (QED) is 0.822. The second-order valence-electron chi connectivity index (χ2n) is 6.20. The number of rotatable bonds is 2. The summed E-state index contributed by atoms with van der Waals surface area (Å²) < 4.78 is 0. The van der Waals surface area contributed by atoms with Crippen LogP contribution in [0.1, 0.15) is 33.6 Å². The number of aliphatic hydroxyl groups excluding tert-OH is 1. The molecule has 0 bridgehead atoms. The molecule has 17 heavy (non-hydrogen) atoms. The SMILES string of the molecule is CC1CC(C)C(CN2CCSCC2C)C(O)C1. The molecule has 1 saturated carbocycles. The lowest BCUT2D eigenvalue weighted by molar-refractivity contribution is -0.00582. The van der Waals surface area contributed by atoms with E-state index < -0.39 is 0 Å². The Balaban J connectivity index is 1.92. The normalized spacial score (nSPS) is 44.8. The van der Waals surface area contributed by atoms with Gasteiger partial charge in [0.15, 0.2) is 0 Å². The molecule has 5 atom stereocenters. The molecule has 3 heteroatoms. The lowest BCUT2D eigenvalue weighted by Gasteiger charge is -2.42. The number of aliphatic hydroxyl groups is 1. The molecule has 1 aliphatic heterocycles. The van der Waals surface area contributed by atoms with Gasteiger partial charge in [0.05, 0.1) is 6.10 Å². The molecule has 2 fully saturated rings. The van der Waals surface area contributed by atoms with Crippen molar-refractivity contribution >= 4 is 11.8 Å². The van der Waals surface area contributed by atoms with Crippen LogP contribution in [0.4, 0.5) is 0 Å². The Labute approximate surface area is 110 Å². The van der Waals surface area contributed by atoms with Crippen LogP contribution in [0.5, 0.6) is 0 Å². The second kappa shape index (κ2) is 5.94. The van der Waals surface area contributed by atoms with Crippen LogP contribution in [-0.4, -0.2) is 46.7 Å². The van der Waals surface area contributed by atoms with Crippen molar-refractivity contribution in [2.75, 3.05) is 24.6 Å². The van der Waals surface area contributed by atoms with Crippen LogP contribution in [-0.2, 0) is 0 Å². The van der Waals surface area contributed by atoms with Gasteiger partial charge in [-0.1, -0.05) is 13.8 Å². The van der Waals surface area contributed by atoms with Gasteiger partial charge in [-0.25, -0.2) is 0 Å². The van der Waals surface area contributed by atoms with Crippen LogP contribution in [0.3, 0.4) is 0 Å². The first-order valence-electron chi connectivity index (χ1n) is 7.07. The van der Waals surface area contributed by atoms with E-state index in [4.69, 9.17) is 0 Å². The van der Waals surface area contributed by atoms with Gasteiger partial charge in [0.1, 0.15) is 0 Å². The molecule has 0 aromatic heterocycles. The van der Waals surface area contributed by atoms with Crippen molar-refractivity contribution in [1.29, 1.82) is 0 Å². The van der Waals surface area contributed by atoms with E-state index >= 15 is 0 Å². The number of nitrogens with zero attached hydrogens (tertiary/aromatic N) is 1. The molecule has 1 aliphatic carbocycles. The van der Waals surface area contributed by atoms with Crippen LogP contribution in [0.15, 0.2) is 0 Å². The van der Waals surface area contributed by atoms with Gasteiger partial charge in [-0.05, 0) is 31.6 Å². The van der Waals surface area contributed by atoms with E-state index in [9.17, 15) is 5.11 Å². The average molecular weight is 257 g/mol. The monoisotopic (exact) mass is 257 g/mol. The summed E-state index contributed by atoms with van der Waals surface area (Å²) in [6.07, 6.45) is 2.22. The van der Waals surface area contributed by atoms with Crippen molar-refractivity contribution in [3.8, 4) is 0 Å². The molecule has 2 aliphatic rings. The summed E-state index contributed by atoms with van der Waals surface area (Å²) in [6.45, 7) is 9.24. The van der Waals surface area contributed by atoms with Gasteiger partial charge in [0, 0.05) is 36.6 Å². The van der Waals surface area contributed by atoms with Crippen molar-refractivity contribution in [2.45, 2.75) is 45.8 Å². The summed E-state index contributed by atoms with van der Waals surface area (Å²) in [4.78, 5) is 2.59. The third kappa shape index (κ3) is 3.39. The summed E-state index contributed by atoms with van der Waals surface area (Å²) in [5.41, 5.74) is 0. The van der Waals surface area contributed by atoms with Crippen LogP contribution in [0.25, 0.3) is 0 Å². The highest BCUT2D eigenvalue weighted by Gasteiger charge is 2.35. The molecule has 0 amide bonds. The summed E-state index contributed by atoms with van der Waals surface area (Å²) in [7, 11) is 0. The summed E-state index contributed by atoms with van der Waals surface area (Å²) in [5.74, 6) is 4.39. The fourth-order valence-electron chi connectivity index (χ4n) is 3.48. The van der Waals surface area contributed by atoms with E-state index in [2.05, 4.69) is 37.4 Å². The Morgan fingerprint density at radius 1 is 1.24 bits per heavy atom. The Hall–Kier alpha value is 0.270. The Kier molecular flexibility index (Phi) is 4.79. The Morgan fingerprint density at radius 2 is 2.00 bits per heavy atom. The fraction of sp³-hybridized carbons (Fsp3) is 1.00. The van der Waals surface area contributed by atoms with Gasteiger partial charge in [-0.3, -0.25) is 4.90 Å². The first-order chi connectivity index (χ1) is 8.08. The van der Waals surface area contributed by atoms with E-state index in [0.717, 1.165) is 13.0 Å². The van der Waals surface area contributed by atoms with Gasteiger partial charge in [-0.2, -0.15) is 11.8 Å². The maximum absolute atomic E-state index is 10.3. The van der Waals surface area contributed by atoms with E-state index in [1.54, 1.807) is 0 Å². The molecule has 0 spiro atoms. The zero-order valence-corrected chi connectivity index (χ0v) is 12.2. The summed E-state index contributed by atoms with van der Waals surface area (Å²) >= 11 is 2.07. The molecule has 0 radical (unpaired) electrons. The van der Waals surface area contributed by atoms with E-state index in [-0.39, 0.29) is 6.10 Å². The zero-order valence-electron chi connectivity index (χ0n) is 11.4. The molecular weight excluding hydrogens is 230 g/mol. The molecule has 100 valence electrons. The predicted octanol–water partition coefficient (Wildman–Crippen LogP) is 2.47. The molecule has 5 unspecified atom stereocenters. The summed E-state index contributed by atoms with van der Waals surface area (Å²) in [6, 6.07) is 0.687. The van der Waals surface area contributed by atoms with Gasteiger partial charge >= 0.3 is 0 Å². The standard InChI is InChI=1S/C14H27NOS/c1-10-6-11(2)13(14(16)7-10)8-15-4-5-17-9-12(15)3/h10-14,16H,4-9H2,1-3H3. The van der Waals surface area contributed by atoms with Crippen LogP contribution >= 0.6 is 11.8 Å². The van der Waals surface area contributed by atoms with Gasteiger partial charge in [0.25, 0.3) is 0 Å². The van der Waals surface area contributed by atoms with Crippen molar-refractivity contribution in [2.24, 2.45) is 17.8 Å². The first-order valence-corrected chi connectivity index (χ1v) is 8.23. The van der Waals surface area contributed by atoms with Crippen molar-refractivity contribution in [3.05, 3.63) is 0 Å². The maximum Gasteiger partial charge on any atom is 0.0585 e. The lowest BCUT2D eigenvalue weighted by Crippen LogP contribution is -2.48. The molecule has 2 rings (SSSR count). The largest absolute Gasteiger partial charge is 0.393 e. The van der Waals surface area contributed by atoms with E-state index in [1.807, 2.05) is 0 Å². The molecule has 1 heterocycles. The lowest BCUT2D eigenvalue weighted by atomic mass is 9.73. The predicted molar refractivity (Wildman–Crippen MR) is 75.4 cm³/mol. The van der Waals surface area contributed by atoms with Crippen LogP contribution in [0, 0.1) is 17.8 Å². The number of hydrogen-bond donors (Lipinski definition) is 1. The van der Waals surface area contributed by atoms with E-state index in [0.29, 0.717) is 23.8 Å². The topological polar surface area (TPSA) is 23.5 Å². The summed E-state index contributed by atoms with van der Waals surface area (Å²) in [5, 5.41) is 10.3. The molecule has 0 aromatic rings. The number of thioether (sulfide) groups is 1. The second-order valence-corrected chi connectivity index (χ2v) is 7.35. The minimum absolute atomic E-state index is 0.0736. The fourth-order valence-corrected chi connectivity index (χ4v) is 4.56. The molecule has 2 nitrogen and oxygen atoms in total. The minimum Gasteiger partial charge on any atom is -0.393 e. The maximum atomic E-state index is 10.3. The molecule has 1 N–H and O–H groups in total. The van der Waals surface area contributed by atoms with Crippen LogP contribution < -0.4 is 0 Å². The van der Waals surface area contributed by atoms with Gasteiger partial charge in [0.2, 0.25) is 0 Å². The average Bonchev–Trinajstić information content (AvgIpc) is 2.25. The van der Waals surface area contributed by atoms with Crippen LogP contribution in [0.2, 0.25) is 0 Å².